The number of amides is 1. The van der Waals surface area contributed by atoms with Crippen LogP contribution in [0, 0.1) is 62.1 Å². The number of fused-ring (bicyclic) bond motifs is 7. The molecule has 1 unspecified atom stereocenters. The first kappa shape index (κ1) is 27.9. The number of ketones is 2. The van der Waals surface area contributed by atoms with E-state index in [0.717, 1.165) is 63.5 Å². The van der Waals surface area contributed by atoms with Gasteiger partial charge in [0.05, 0.1) is 5.57 Å². The average Bonchev–Trinajstić information content (AvgIpc) is 3.21. The summed E-state index contributed by atoms with van der Waals surface area (Å²) in [5.41, 5.74) is -0.348. The Morgan fingerprint density at radius 3 is 2.23 bits per heavy atom. The van der Waals surface area contributed by atoms with E-state index in [0.29, 0.717) is 0 Å². The summed E-state index contributed by atoms with van der Waals surface area (Å²) in [7, 11) is 0. The molecule has 0 spiro atoms. The molecule has 5 aliphatic carbocycles. The van der Waals surface area contributed by atoms with Crippen molar-refractivity contribution in [3.63, 3.8) is 0 Å². The summed E-state index contributed by atoms with van der Waals surface area (Å²) in [5.74, 6) is 0.571. The van der Waals surface area contributed by atoms with Crippen LogP contribution < -0.4 is 0 Å². The summed E-state index contributed by atoms with van der Waals surface area (Å²) in [6.07, 6.45) is 11.6. The van der Waals surface area contributed by atoms with Crippen LogP contribution in [0.1, 0.15) is 107 Å². The van der Waals surface area contributed by atoms with Gasteiger partial charge in [0.1, 0.15) is 6.07 Å². The SMILES string of the molecule is CC1CCN([C@]23CCC(C)(C)C[C@H]2[C@H]2C(=O)C=C4[C@@]5(C)C=C(C#N)C(=O)C(C)(C)[C@@H]5CC[C@@]4(C)[C@]2(C)CC3)C1=O. The average molecular weight is 545 g/mol. The normalized spacial score (nSPS) is 47.3. The molecule has 3 saturated carbocycles. The molecule has 8 atom stereocenters. The maximum Gasteiger partial charge on any atom is 0.225 e. The Morgan fingerprint density at radius 1 is 0.925 bits per heavy atom. The topological polar surface area (TPSA) is 78.2 Å². The third-order valence-electron chi connectivity index (χ3n) is 13.8. The van der Waals surface area contributed by atoms with Crippen LogP contribution in [0.25, 0.3) is 0 Å². The number of carbonyl (C=O) groups is 3. The second kappa shape index (κ2) is 8.20. The van der Waals surface area contributed by atoms with E-state index in [4.69, 9.17) is 0 Å². The van der Waals surface area contributed by atoms with Gasteiger partial charge in [0.15, 0.2) is 11.6 Å². The summed E-state index contributed by atoms with van der Waals surface area (Å²) in [4.78, 5) is 43.7. The summed E-state index contributed by atoms with van der Waals surface area (Å²) in [5, 5.41) is 9.94. The van der Waals surface area contributed by atoms with Crippen LogP contribution >= 0.6 is 0 Å². The molecule has 0 aromatic rings. The molecule has 6 aliphatic rings. The number of nitrogens with zero attached hydrogens (tertiary/aromatic N) is 2. The van der Waals surface area contributed by atoms with Crippen LogP contribution in [0.15, 0.2) is 23.3 Å². The molecule has 0 N–H and O–H groups in total. The van der Waals surface area contributed by atoms with Crippen LogP contribution in [-0.2, 0) is 14.4 Å². The Labute approximate surface area is 240 Å². The Bertz CT molecular complexity index is 1310. The van der Waals surface area contributed by atoms with E-state index < -0.39 is 10.8 Å². The Balaban J connectivity index is 1.52. The van der Waals surface area contributed by atoms with Crippen LogP contribution in [0.2, 0.25) is 0 Å². The highest BCUT2D eigenvalue weighted by Crippen LogP contribution is 2.74. The van der Waals surface area contributed by atoms with Gasteiger partial charge in [0.25, 0.3) is 0 Å². The molecule has 40 heavy (non-hydrogen) atoms. The molecule has 5 nitrogen and oxygen atoms in total. The van der Waals surface area contributed by atoms with Gasteiger partial charge in [-0.25, -0.2) is 0 Å². The smallest absolute Gasteiger partial charge is 0.225 e. The monoisotopic (exact) mass is 544 g/mol. The van der Waals surface area contributed by atoms with Crippen molar-refractivity contribution in [1.82, 2.24) is 4.90 Å². The van der Waals surface area contributed by atoms with Crippen molar-refractivity contribution in [1.29, 1.82) is 5.26 Å². The predicted octanol–water partition coefficient (Wildman–Crippen LogP) is 6.83. The molecule has 5 heteroatoms. The van der Waals surface area contributed by atoms with E-state index in [1.165, 1.54) is 0 Å². The zero-order chi connectivity index (χ0) is 29.3. The maximum atomic E-state index is 14.7. The Kier molecular flexibility index (Phi) is 5.72. The second-order valence-corrected chi connectivity index (χ2v) is 16.5. The molecule has 6 rings (SSSR count). The minimum absolute atomic E-state index is 0.0527. The first-order chi connectivity index (χ1) is 18.5. The van der Waals surface area contributed by atoms with Crippen molar-refractivity contribution in [3.05, 3.63) is 23.3 Å². The summed E-state index contributed by atoms with van der Waals surface area (Å²) < 4.78 is 0. The lowest BCUT2D eigenvalue weighted by Gasteiger charge is -2.70. The fourth-order valence-electron chi connectivity index (χ4n) is 11.3. The number of likely N-dealkylation sites (tertiary alicyclic amines) is 1. The van der Waals surface area contributed by atoms with Crippen molar-refractivity contribution in [2.75, 3.05) is 6.54 Å². The molecule has 0 aromatic carbocycles. The van der Waals surface area contributed by atoms with Crippen molar-refractivity contribution in [2.24, 2.45) is 50.7 Å². The van der Waals surface area contributed by atoms with Crippen LogP contribution in [-0.4, -0.2) is 34.5 Å². The summed E-state index contributed by atoms with van der Waals surface area (Å²) >= 11 is 0. The highest BCUT2D eigenvalue weighted by molar-refractivity contribution is 6.04. The quantitative estimate of drug-likeness (QED) is 0.363. The largest absolute Gasteiger partial charge is 0.336 e. The molecule has 1 aliphatic heterocycles. The van der Waals surface area contributed by atoms with Gasteiger partial charge in [-0.2, -0.15) is 5.26 Å². The highest BCUT2D eigenvalue weighted by atomic mass is 16.2. The van der Waals surface area contributed by atoms with Gasteiger partial charge in [-0.3, -0.25) is 14.4 Å². The third kappa shape index (κ3) is 3.23. The lowest BCUT2D eigenvalue weighted by Crippen LogP contribution is -2.70. The van der Waals surface area contributed by atoms with E-state index in [-0.39, 0.29) is 68.5 Å². The number of allylic oxidation sites excluding steroid dienone is 4. The molecule has 0 bridgehead atoms. The summed E-state index contributed by atoms with van der Waals surface area (Å²) in [6.45, 7) is 18.5. The molecule has 1 heterocycles. The second-order valence-electron chi connectivity index (χ2n) is 16.5. The van der Waals surface area contributed by atoms with Crippen molar-refractivity contribution < 1.29 is 14.4 Å². The van der Waals surface area contributed by atoms with Gasteiger partial charge in [0, 0.05) is 34.7 Å². The molecule has 0 radical (unpaired) electrons. The van der Waals surface area contributed by atoms with Crippen LogP contribution in [0.3, 0.4) is 0 Å². The summed E-state index contributed by atoms with van der Waals surface area (Å²) in [6, 6.07) is 2.20. The zero-order valence-corrected chi connectivity index (χ0v) is 25.9. The maximum absolute atomic E-state index is 14.7. The van der Waals surface area contributed by atoms with E-state index >= 15 is 0 Å². The van der Waals surface area contributed by atoms with Gasteiger partial charge in [0.2, 0.25) is 5.91 Å². The van der Waals surface area contributed by atoms with E-state index in [9.17, 15) is 19.6 Å². The van der Waals surface area contributed by atoms with Gasteiger partial charge in [-0.1, -0.05) is 67.0 Å². The predicted molar refractivity (Wildman–Crippen MR) is 155 cm³/mol. The molecule has 216 valence electrons. The highest BCUT2D eigenvalue weighted by Gasteiger charge is 2.71. The molecule has 4 fully saturated rings. The van der Waals surface area contributed by atoms with Gasteiger partial charge in [-0.15, -0.1) is 0 Å². The number of Topliss-reactive ketones (excluding diaryl/α,β-unsaturated/α-hetero) is 1. The number of hydrogen-bond acceptors (Lipinski definition) is 4. The molecular weight excluding hydrogens is 496 g/mol. The zero-order valence-electron chi connectivity index (χ0n) is 25.9. The van der Waals surface area contributed by atoms with Gasteiger partial charge < -0.3 is 4.90 Å². The van der Waals surface area contributed by atoms with Crippen LogP contribution in [0.5, 0.6) is 0 Å². The fourth-order valence-corrected chi connectivity index (χ4v) is 11.3. The van der Waals surface area contributed by atoms with Crippen molar-refractivity contribution >= 4 is 17.5 Å². The first-order valence-electron chi connectivity index (χ1n) is 15.7. The van der Waals surface area contributed by atoms with Crippen molar-refractivity contribution in [2.45, 2.75) is 112 Å². The fraction of sp³-hybridized carbons (Fsp3) is 0.771. The van der Waals surface area contributed by atoms with Crippen LogP contribution in [0.4, 0.5) is 0 Å². The van der Waals surface area contributed by atoms with E-state index in [1.807, 2.05) is 26.0 Å². The standard InChI is InChI=1S/C35H48N2O3/c1-21-10-16-37(29(21)40)35-14-12-30(2,3)19-23(35)27-24(38)17-26-32(6)18-22(20-36)28(39)31(4,5)25(32)9-11-33(26,7)34(27,8)13-15-35/h17-18,21,23,25,27H,9-16,19H2,1-8H3/t21?,23-,25-,27-,32-,33+,34+,35-/m0/s1. The third-order valence-corrected chi connectivity index (χ3v) is 13.8. The number of hydrogen-bond donors (Lipinski definition) is 0. The Hall–Kier alpha value is -2.22. The minimum atomic E-state index is -0.653. The van der Waals surface area contributed by atoms with E-state index in [2.05, 4.69) is 52.5 Å². The van der Waals surface area contributed by atoms with E-state index in [1.54, 1.807) is 0 Å². The van der Waals surface area contributed by atoms with Gasteiger partial charge >= 0.3 is 0 Å². The first-order valence-corrected chi connectivity index (χ1v) is 15.7. The number of rotatable bonds is 1. The molecular formula is C35H48N2O3. The number of carbonyl (C=O) groups excluding carboxylic acids is 3. The molecule has 1 amide bonds. The minimum Gasteiger partial charge on any atom is -0.336 e. The molecule has 1 saturated heterocycles. The molecule has 0 aromatic heterocycles. The Morgan fingerprint density at radius 2 is 1.60 bits per heavy atom. The lowest BCUT2D eigenvalue weighted by atomic mass is 9.35. The van der Waals surface area contributed by atoms with Crippen molar-refractivity contribution in [3.8, 4) is 6.07 Å². The van der Waals surface area contributed by atoms with Gasteiger partial charge in [-0.05, 0) is 85.5 Å². The lowest BCUT2D eigenvalue weighted by molar-refractivity contribution is -0.181. The number of nitriles is 1.